The molecule has 1 aliphatic heterocycles. The van der Waals surface area contributed by atoms with Gasteiger partial charge in [0, 0.05) is 16.7 Å². The van der Waals surface area contributed by atoms with Gasteiger partial charge in [-0.05, 0) is 49.7 Å². The molecular weight excluding hydrogens is 360 g/mol. The summed E-state index contributed by atoms with van der Waals surface area (Å²) in [5.74, 6) is 0.0400. The normalized spacial score (nSPS) is 51.8. The summed E-state index contributed by atoms with van der Waals surface area (Å²) in [5, 5.41) is 21.0. The molecule has 4 aliphatic carbocycles. The lowest BCUT2D eigenvalue weighted by molar-refractivity contribution is -0.185. The topological polar surface area (TPSA) is 93.1 Å². The van der Waals surface area contributed by atoms with Crippen molar-refractivity contribution in [1.82, 2.24) is 0 Å². The fourth-order valence-corrected chi connectivity index (χ4v) is 7.65. The first-order valence-electron chi connectivity index (χ1n) is 10.3. The van der Waals surface area contributed by atoms with Crippen LogP contribution in [-0.4, -0.2) is 53.0 Å². The molecule has 3 saturated carbocycles. The van der Waals surface area contributed by atoms with Crippen molar-refractivity contribution in [2.24, 2.45) is 28.6 Å². The van der Waals surface area contributed by atoms with Crippen molar-refractivity contribution in [1.29, 1.82) is 0 Å². The number of carbonyl (C=O) groups is 2. The standard InChI is InChI=1S/C22H28O6/c1-20-6-5-13(24)7-12(20)3-4-14-15-8-18-22(17(26)10-23,28-11-27-18)21(15,2)9-16(25)19(14)20/h5-7,14-16,18-19,23,25H,3-4,8-11H2,1-2H3/t14?,15?,16?,18?,19?,20-,21?,22?/m1/s1. The average Bonchev–Trinajstić information content (AvgIpc) is 3.18. The first kappa shape index (κ1) is 18.7. The van der Waals surface area contributed by atoms with Gasteiger partial charge in [0.15, 0.2) is 17.2 Å². The molecule has 28 heavy (non-hydrogen) atoms. The average molecular weight is 388 g/mol. The van der Waals surface area contributed by atoms with Gasteiger partial charge in [0.1, 0.15) is 13.4 Å². The number of aliphatic hydroxyl groups excluding tert-OH is 2. The molecule has 0 bridgehead atoms. The van der Waals surface area contributed by atoms with Crippen LogP contribution >= 0.6 is 0 Å². The van der Waals surface area contributed by atoms with Crippen molar-refractivity contribution in [3.63, 3.8) is 0 Å². The van der Waals surface area contributed by atoms with Crippen LogP contribution in [0.4, 0.5) is 0 Å². The zero-order chi connectivity index (χ0) is 19.9. The quantitative estimate of drug-likeness (QED) is 0.746. The molecule has 7 unspecified atom stereocenters. The van der Waals surface area contributed by atoms with Crippen molar-refractivity contribution in [3.05, 3.63) is 23.8 Å². The summed E-state index contributed by atoms with van der Waals surface area (Å²) in [6.45, 7) is 3.63. The Bertz CT molecular complexity index is 801. The molecule has 0 radical (unpaired) electrons. The molecule has 5 aliphatic rings. The number of allylic oxidation sites excluding steroid dienone is 4. The zero-order valence-corrected chi connectivity index (χ0v) is 16.4. The number of carbonyl (C=O) groups excluding carboxylic acids is 2. The molecular formula is C22H28O6. The maximum Gasteiger partial charge on any atom is 0.193 e. The second-order valence-corrected chi connectivity index (χ2v) is 9.68. The molecule has 0 aromatic carbocycles. The van der Waals surface area contributed by atoms with Crippen LogP contribution < -0.4 is 0 Å². The van der Waals surface area contributed by atoms with E-state index in [0.29, 0.717) is 12.8 Å². The van der Waals surface area contributed by atoms with Crippen LogP contribution in [0.3, 0.4) is 0 Å². The molecule has 152 valence electrons. The Balaban J connectivity index is 1.59. The van der Waals surface area contributed by atoms with Gasteiger partial charge in [-0.25, -0.2) is 0 Å². The van der Waals surface area contributed by atoms with Crippen molar-refractivity contribution in [2.75, 3.05) is 13.4 Å². The van der Waals surface area contributed by atoms with E-state index in [-0.39, 0.29) is 47.6 Å². The minimum atomic E-state index is -1.17. The summed E-state index contributed by atoms with van der Waals surface area (Å²) in [6.07, 6.45) is 7.17. The second-order valence-electron chi connectivity index (χ2n) is 9.68. The summed E-state index contributed by atoms with van der Waals surface area (Å²) in [5.41, 5.74) is -0.991. The van der Waals surface area contributed by atoms with Crippen molar-refractivity contribution >= 4 is 11.6 Å². The van der Waals surface area contributed by atoms with E-state index in [1.54, 1.807) is 12.2 Å². The van der Waals surface area contributed by atoms with Crippen LogP contribution in [0, 0.1) is 28.6 Å². The van der Waals surface area contributed by atoms with Gasteiger partial charge in [-0.15, -0.1) is 0 Å². The van der Waals surface area contributed by atoms with Crippen LogP contribution in [0.15, 0.2) is 23.8 Å². The van der Waals surface area contributed by atoms with E-state index in [1.807, 2.05) is 13.0 Å². The highest BCUT2D eigenvalue weighted by molar-refractivity contribution is 6.01. The smallest absolute Gasteiger partial charge is 0.193 e. The number of rotatable bonds is 2. The Morgan fingerprint density at radius 2 is 2.14 bits per heavy atom. The maximum absolute atomic E-state index is 12.9. The molecule has 5 rings (SSSR count). The van der Waals surface area contributed by atoms with E-state index in [2.05, 4.69) is 6.92 Å². The molecule has 0 aromatic heterocycles. The Labute approximate surface area is 164 Å². The number of aliphatic hydroxyl groups is 2. The Hall–Kier alpha value is -1.34. The summed E-state index contributed by atoms with van der Waals surface area (Å²) in [4.78, 5) is 24.8. The molecule has 1 saturated heterocycles. The van der Waals surface area contributed by atoms with Crippen LogP contribution in [0.2, 0.25) is 0 Å². The lowest BCUT2D eigenvalue weighted by Crippen LogP contribution is -2.63. The lowest BCUT2D eigenvalue weighted by Gasteiger charge is -2.59. The van der Waals surface area contributed by atoms with Crippen LogP contribution in [0.25, 0.3) is 0 Å². The third-order valence-electron chi connectivity index (χ3n) is 8.77. The minimum Gasteiger partial charge on any atom is -0.393 e. The number of fused-ring (bicyclic) bond motifs is 7. The highest BCUT2D eigenvalue weighted by Crippen LogP contribution is 2.69. The highest BCUT2D eigenvalue weighted by atomic mass is 16.7. The van der Waals surface area contributed by atoms with Crippen LogP contribution in [0.5, 0.6) is 0 Å². The van der Waals surface area contributed by atoms with Gasteiger partial charge in [0.05, 0.1) is 12.2 Å². The molecule has 0 spiro atoms. The zero-order valence-electron chi connectivity index (χ0n) is 16.4. The first-order chi connectivity index (χ1) is 13.3. The summed E-state index contributed by atoms with van der Waals surface area (Å²) in [6, 6.07) is 0. The third-order valence-corrected chi connectivity index (χ3v) is 8.77. The molecule has 6 heteroatoms. The van der Waals surface area contributed by atoms with E-state index in [1.165, 1.54) is 0 Å². The Morgan fingerprint density at radius 1 is 1.36 bits per heavy atom. The first-order valence-corrected chi connectivity index (χ1v) is 10.3. The highest BCUT2D eigenvalue weighted by Gasteiger charge is 2.74. The molecule has 0 amide bonds. The predicted molar refractivity (Wildman–Crippen MR) is 99.0 cm³/mol. The van der Waals surface area contributed by atoms with Crippen molar-refractivity contribution in [2.45, 2.75) is 57.3 Å². The van der Waals surface area contributed by atoms with Crippen molar-refractivity contribution < 1.29 is 29.3 Å². The Morgan fingerprint density at radius 3 is 2.89 bits per heavy atom. The van der Waals surface area contributed by atoms with Gasteiger partial charge >= 0.3 is 0 Å². The van der Waals surface area contributed by atoms with Gasteiger partial charge in [-0.2, -0.15) is 0 Å². The van der Waals surface area contributed by atoms with E-state index in [4.69, 9.17) is 9.47 Å². The van der Waals surface area contributed by atoms with Gasteiger partial charge in [0.25, 0.3) is 0 Å². The summed E-state index contributed by atoms with van der Waals surface area (Å²) in [7, 11) is 0. The lowest BCUT2D eigenvalue weighted by atomic mass is 9.46. The largest absolute Gasteiger partial charge is 0.393 e. The van der Waals surface area contributed by atoms with E-state index < -0.39 is 23.7 Å². The van der Waals surface area contributed by atoms with Crippen molar-refractivity contribution in [3.8, 4) is 0 Å². The summed E-state index contributed by atoms with van der Waals surface area (Å²) < 4.78 is 11.8. The number of Topliss-reactive ketones (excluding diaryl/α,β-unsaturated/α-hetero) is 1. The SMILES string of the molecule is CC12CC(O)C3C(CCC4=CC(=O)C=C[C@]43C)C1CC1OCOC12C(=O)CO. The van der Waals surface area contributed by atoms with Gasteiger partial charge < -0.3 is 19.7 Å². The minimum absolute atomic E-state index is 0.00460. The second kappa shape index (κ2) is 5.85. The molecule has 4 fully saturated rings. The molecule has 2 N–H and O–H groups in total. The van der Waals surface area contributed by atoms with Crippen LogP contribution in [0.1, 0.15) is 39.5 Å². The van der Waals surface area contributed by atoms with Gasteiger partial charge in [-0.1, -0.05) is 25.5 Å². The number of hydrogen-bond donors (Lipinski definition) is 2. The van der Waals surface area contributed by atoms with E-state index in [0.717, 1.165) is 18.4 Å². The molecule has 8 atom stereocenters. The fourth-order valence-electron chi connectivity index (χ4n) is 7.65. The van der Waals surface area contributed by atoms with E-state index in [9.17, 15) is 19.8 Å². The molecule has 0 aromatic rings. The number of hydrogen-bond acceptors (Lipinski definition) is 6. The molecule has 6 nitrogen and oxygen atoms in total. The number of ether oxygens (including phenoxy) is 2. The van der Waals surface area contributed by atoms with Gasteiger partial charge in [0.2, 0.25) is 0 Å². The van der Waals surface area contributed by atoms with Gasteiger partial charge in [-0.3, -0.25) is 9.59 Å². The summed E-state index contributed by atoms with van der Waals surface area (Å²) >= 11 is 0. The fraction of sp³-hybridized carbons (Fsp3) is 0.727. The molecule has 1 heterocycles. The van der Waals surface area contributed by atoms with E-state index >= 15 is 0 Å². The third kappa shape index (κ3) is 2.02. The predicted octanol–water partition coefficient (Wildman–Crippen LogP) is 1.55. The monoisotopic (exact) mass is 388 g/mol. The number of ketones is 2. The Kier molecular flexibility index (Phi) is 3.90. The van der Waals surface area contributed by atoms with Crippen LogP contribution in [-0.2, 0) is 19.1 Å². The maximum atomic E-state index is 12.9.